The van der Waals surface area contributed by atoms with Gasteiger partial charge in [-0.15, -0.1) is 0 Å². The first-order chi connectivity index (χ1) is 15.4. The minimum Gasteiger partial charge on any atom is -0.455 e. The second kappa shape index (κ2) is 13.9. The standard InChI is InChI=1S/C28H42NO3/c1-5-6-7-8-9-10-12-16-25-19-15-20-27(21-25)31-24(2)32-28(30)23-29(3,4)22-26-17-13-11-14-18-26/h11,13-15,17-21,24H,5-10,12,16,22-23H2,1-4H3/q+1. The van der Waals surface area contributed by atoms with Crippen molar-refractivity contribution in [3.05, 3.63) is 65.7 Å². The highest BCUT2D eigenvalue weighted by molar-refractivity contribution is 5.70. The molecule has 0 bridgehead atoms. The van der Waals surface area contributed by atoms with Crippen molar-refractivity contribution in [2.75, 3.05) is 20.6 Å². The molecule has 0 aliphatic rings. The number of aryl methyl sites for hydroxylation is 1. The monoisotopic (exact) mass is 440 g/mol. The van der Waals surface area contributed by atoms with E-state index in [-0.39, 0.29) is 5.97 Å². The molecule has 0 saturated carbocycles. The van der Waals surface area contributed by atoms with Gasteiger partial charge in [-0.05, 0) is 30.5 Å². The molecule has 0 aliphatic heterocycles. The van der Waals surface area contributed by atoms with Gasteiger partial charge in [-0.2, -0.15) is 0 Å². The van der Waals surface area contributed by atoms with Crippen LogP contribution < -0.4 is 4.74 Å². The van der Waals surface area contributed by atoms with Crippen LogP contribution in [0.25, 0.3) is 0 Å². The number of esters is 1. The van der Waals surface area contributed by atoms with Crippen molar-refractivity contribution < 1.29 is 18.8 Å². The third kappa shape index (κ3) is 10.8. The summed E-state index contributed by atoms with van der Waals surface area (Å²) in [5, 5.41) is 0. The van der Waals surface area contributed by atoms with Crippen LogP contribution in [0.4, 0.5) is 0 Å². The van der Waals surface area contributed by atoms with Crippen molar-refractivity contribution in [3.63, 3.8) is 0 Å². The van der Waals surface area contributed by atoms with E-state index in [1.807, 2.05) is 44.4 Å². The van der Waals surface area contributed by atoms with Gasteiger partial charge in [0.25, 0.3) is 0 Å². The Labute approximate surface area is 195 Å². The molecule has 0 heterocycles. The van der Waals surface area contributed by atoms with E-state index in [1.165, 1.54) is 56.1 Å². The van der Waals surface area contributed by atoms with Gasteiger partial charge in [0.05, 0.1) is 14.1 Å². The van der Waals surface area contributed by atoms with Gasteiger partial charge in [0, 0.05) is 12.5 Å². The van der Waals surface area contributed by atoms with Crippen LogP contribution in [0.15, 0.2) is 54.6 Å². The molecule has 0 aromatic heterocycles. The van der Waals surface area contributed by atoms with E-state index >= 15 is 0 Å². The molecule has 0 aliphatic carbocycles. The number of hydrogen-bond acceptors (Lipinski definition) is 3. The van der Waals surface area contributed by atoms with E-state index in [0.29, 0.717) is 11.0 Å². The first kappa shape index (κ1) is 25.9. The molecule has 2 aromatic rings. The fourth-order valence-electron chi connectivity index (χ4n) is 3.98. The molecule has 4 heteroatoms. The summed E-state index contributed by atoms with van der Waals surface area (Å²) in [4.78, 5) is 12.5. The number of rotatable bonds is 15. The number of benzene rings is 2. The number of ether oxygens (including phenoxy) is 2. The van der Waals surface area contributed by atoms with E-state index in [1.54, 1.807) is 6.92 Å². The molecular weight excluding hydrogens is 398 g/mol. The highest BCUT2D eigenvalue weighted by Crippen LogP contribution is 2.18. The zero-order valence-electron chi connectivity index (χ0n) is 20.5. The number of quaternary nitrogens is 1. The molecule has 0 spiro atoms. The lowest BCUT2D eigenvalue weighted by Crippen LogP contribution is -2.44. The van der Waals surface area contributed by atoms with Crippen molar-refractivity contribution in [2.24, 2.45) is 0 Å². The quantitative estimate of drug-likeness (QED) is 0.137. The molecule has 0 fully saturated rings. The fraction of sp³-hybridized carbons (Fsp3) is 0.536. The van der Waals surface area contributed by atoms with Gasteiger partial charge >= 0.3 is 5.97 Å². The summed E-state index contributed by atoms with van der Waals surface area (Å²) in [5.74, 6) is 0.501. The van der Waals surface area contributed by atoms with E-state index in [0.717, 1.165) is 18.7 Å². The van der Waals surface area contributed by atoms with Gasteiger partial charge < -0.3 is 14.0 Å². The van der Waals surface area contributed by atoms with E-state index in [9.17, 15) is 4.79 Å². The van der Waals surface area contributed by atoms with Crippen LogP contribution in [-0.2, 0) is 22.5 Å². The summed E-state index contributed by atoms with van der Waals surface area (Å²) in [6.07, 6.45) is 9.60. The van der Waals surface area contributed by atoms with Crippen LogP contribution >= 0.6 is 0 Å². The number of unbranched alkanes of at least 4 members (excludes halogenated alkanes) is 6. The highest BCUT2D eigenvalue weighted by Gasteiger charge is 2.23. The van der Waals surface area contributed by atoms with Gasteiger partial charge in [0.15, 0.2) is 6.54 Å². The summed E-state index contributed by atoms with van der Waals surface area (Å²) in [6, 6.07) is 18.3. The largest absolute Gasteiger partial charge is 0.455 e. The third-order valence-corrected chi connectivity index (χ3v) is 5.58. The summed E-state index contributed by atoms with van der Waals surface area (Å²) in [6.45, 7) is 5.09. The minimum atomic E-state index is -0.618. The van der Waals surface area contributed by atoms with Gasteiger partial charge in [-0.25, -0.2) is 4.79 Å². The minimum absolute atomic E-state index is 0.252. The van der Waals surface area contributed by atoms with E-state index in [4.69, 9.17) is 9.47 Å². The third-order valence-electron chi connectivity index (χ3n) is 5.58. The number of hydrogen-bond donors (Lipinski definition) is 0. The Bertz CT molecular complexity index is 788. The summed E-state index contributed by atoms with van der Waals surface area (Å²) in [7, 11) is 4.07. The second-order valence-electron chi connectivity index (χ2n) is 9.43. The maximum atomic E-state index is 12.5. The Morgan fingerprint density at radius 1 is 0.875 bits per heavy atom. The zero-order chi connectivity index (χ0) is 23.2. The van der Waals surface area contributed by atoms with Crippen LogP contribution in [-0.4, -0.2) is 37.4 Å². The lowest BCUT2D eigenvalue weighted by atomic mass is 10.0. The summed E-state index contributed by atoms with van der Waals surface area (Å²) < 4.78 is 11.9. The Morgan fingerprint density at radius 3 is 2.25 bits per heavy atom. The molecule has 1 unspecified atom stereocenters. The van der Waals surface area contributed by atoms with Crippen LogP contribution in [0.1, 0.15) is 69.9 Å². The summed E-state index contributed by atoms with van der Waals surface area (Å²) >= 11 is 0. The number of nitrogens with zero attached hydrogens (tertiary/aromatic N) is 1. The van der Waals surface area contributed by atoms with E-state index in [2.05, 4.69) is 31.2 Å². The fourth-order valence-corrected chi connectivity index (χ4v) is 3.98. The van der Waals surface area contributed by atoms with Crippen LogP contribution in [0.2, 0.25) is 0 Å². The zero-order valence-corrected chi connectivity index (χ0v) is 20.5. The molecule has 1 atom stereocenters. The predicted octanol–water partition coefficient (Wildman–Crippen LogP) is 6.52. The topological polar surface area (TPSA) is 35.5 Å². The molecule has 2 aromatic carbocycles. The molecule has 0 N–H and O–H groups in total. The maximum absolute atomic E-state index is 12.5. The van der Waals surface area contributed by atoms with Crippen LogP contribution in [0, 0.1) is 0 Å². The number of likely N-dealkylation sites (N-methyl/N-ethyl adjacent to an activating group) is 1. The predicted molar refractivity (Wildman–Crippen MR) is 131 cm³/mol. The lowest BCUT2D eigenvalue weighted by molar-refractivity contribution is -0.896. The smallest absolute Gasteiger partial charge is 0.364 e. The van der Waals surface area contributed by atoms with Crippen LogP contribution in [0.3, 0.4) is 0 Å². The van der Waals surface area contributed by atoms with E-state index < -0.39 is 6.29 Å². The molecule has 0 amide bonds. The molecule has 2 rings (SSSR count). The Balaban J connectivity index is 1.73. The van der Waals surface area contributed by atoms with Crippen LogP contribution in [0.5, 0.6) is 5.75 Å². The second-order valence-corrected chi connectivity index (χ2v) is 9.43. The molecule has 0 radical (unpaired) electrons. The number of carbonyl (C=O) groups excluding carboxylic acids is 1. The Morgan fingerprint density at radius 2 is 1.53 bits per heavy atom. The van der Waals surface area contributed by atoms with Gasteiger partial charge in [-0.1, -0.05) is 87.9 Å². The lowest BCUT2D eigenvalue weighted by Gasteiger charge is -2.29. The maximum Gasteiger partial charge on any atom is 0.364 e. The molecule has 4 nitrogen and oxygen atoms in total. The van der Waals surface area contributed by atoms with Crippen molar-refractivity contribution in [1.29, 1.82) is 0 Å². The SMILES string of the molecule is CCCCCCCCCc1cccc(OC(C)OC(=O)C[N+](C)(C)Cc2ccccc2)c1. The molecular formula is C28H42NO3+. The average Bonchev–Trinajstić information content (AvgIpc) is 2.73. The Kier molecular flexibility index (Phi) is 11.3. The number of carbonyl (C=O) groups is 1. The van der Waals surface area contributed by atoms with Gasteiger partial charge in [-0.3, -0.25) is 0 Å². The van der Waals surface area contributed by atoms with Crippen molar-refractivity contribution in [1.82, 2.24) is 0 Å². The molecule has 176 valence electrons. The summed E-state index contributed by atoms with van der Waals surface area (Å²) in [5.41, 5.74) is 2.47. The van der Waals surface area contributed by atoms with Gasteiger partial charge in [0.1, 0.15) is 12.3 Å². The first-order valence-electron chi connectivity index (χ1n) is 12.2. The van der Waals surface area contributed by atoms with Crippen molar-refractivity contribution in [2.45, 2.75) is 78.0 Å². The van der Waals surface area contributed by atoms with Crippen molar-refractivity contribution in [3.8, 4) is 5.75 Å². The normalized spacial score (nSPS) is 12.4. The molecule has 32 heavy (non-hydrogen) atoms. The molecule has 0 saturated heterocycles. The first-order valence-corrected chi connectivity index (χ1v) is 12.2. The average molecular weight is 441 g/mol. The van der Waals surface area contributed by atoms with Gasteiger partial charge in [0.2, 0.25) is 6.29 Å². The van der Waals surface area contributed by atoms with Crippen molar-refractivity contribution >= 4 is 5.97 Å². The highest BCUT2D eigenvalue weighted by atomic mass is 16.7. The Hall–Kier alpha value is -2.33.